The Bertz CT molecular complexity index is 615. The van der Waals surface area contributed by atoms with Crippen LogP contribution in [-0.2, 0) is 0 Å². The van der Waals surface area contributed by atoms with E-state index in [1.807, 2.05) is 38.1 Å². The Morgan fingerprint density at radius 3 is 2.67 bits per heavy atom. The van der Waals surface area contributed by atoms with E-state index in [1.54, 1.807) is 0 Å². The van der Waals surface area contributed by atoms with Gasteiger partial charge in [-0.25, -0.2) is 9.97 Å². The summed E-state index contributed by atoms with van der Waals surface area (Å²) in [5, 5.41) is 5.96. The molecule has 0 saturated heterocycles. The monoisotopic (exact) mass is 348 g/mol. The molecular weight excluding hydrogens is 332 g/mol. The Kier molecular flexibility index (Phi) is 5.27. The van der Waals surface area contributed by atoms with Gasteiger partial charge >= 0.3 is 0 Å². The SMILES string of the molecule is CCC(C)NC(=O)c1cnc(Nc2cccc(Br)c2)nc1. The van der Waals surface area contributed by atoms with Gasteiger partial charge < -0.3 is 10.6 Å². The number of hydrogen-bond donors (Lipinski definition) is 2. The normalized spacial score (nSPS) is 11.8. The van der Waals surface area contributed by atoms with Crippen molar-refractivity contribution in [2.45, 2.75) is 26.3 Å². The summed E-state index contributed by atoms with van der Waals surface area (Å²) in [6.07, 6.45) is 3.92. The number of nitrogens with one attached hydrogen (secondary N) is 2. The molecule has 0 fully saturated rings. The molecule has 1 heterocycles. The van der Waals surface area contributed by atoms with Gasteiger partial charge in [0.25, 0.3) is 5.91 Å². The second-order valence-corrected chi connectivity index (χ2v) is 5.63. The lowest BCUT2D eigenvalue weighted by Gasteiger charge is -2.11. The van der Waals surface area contributed by atoms with Crippen molar-refractivity contribution in [2.24, 2.45) is 0 Å². The van der Waals surface area contributed by atoms with Crippen LogP contribution in [0.15, 0.2) is 41.1 Å². The Labute approximate surface area is 132 Å². The molecule has 1 aromatic heterocycles. The fourth-order valence-electron chi connectivity index (χ4n) is 1.61. The molecule has 6 heteroatoms. The Morgan fingerprint density at radius 2 is 2.05 bits per heavy atom. The summed E-state index contributed by atoms with van der Waals surface area (Å²) >= 11 is 3.40. The van der Waals surface area contributed by atoms with Crippen LogP contribution >= 0.6 is 15.9 Å². The molecule has 0 radical (unpaired) electrons. The van der Waals surface area contributed by atoms with E-state index in [-0.39, 0.29) is 11.9 Å². The Hall–Kier alpha value is -1.95. The van der Waals surface area contributed by atoms with E-state index in [4.69, 9.17) is 0 Å². The number of nitrogens with zero attached hydrogens (tertiary/aromatic N) is 2. The first kappa shape index (κ1) is 15.4. The minimum absolute atomic E-state index is 0.136. The summed E-state index contributed by atoms with van der Waals surface area (Å²) in [5.41, 5.74) is 1.33. The molecule has 2 N–H and O–H groups in total. The average molecular weight is 349 g/mol. The lowest BCUT2D eigenvalue weighted by Crippen LogP contribution is -2.32. The summed E-state index contributed by atoms with van der Waals surface area (Å²) in [5.74, 6) is 0.298. The third kappa shape index (κ3) is 4.53. The average Bonchev–Trinajstić information content (AvgIpc) is 2.47. The molecular formula is C15H17BrN4O. The van der Waals surface area contributed by atoms with Crippen molar-refractivity contribution in [3.8, 4) is 0 Å². The Morgan fingerprint density at radius 1 is 1.33 bits per heavy atom. The number of carbonyl (C=O) groups excluding carboxylic acids is 1. The molecule has 1 atom stereocenters. The maximum atomic E-state index is 11.9. The predicted molar refractivity (Wildman–Crippen MR) is 86.7 cm³/mol. The highest BCUT2D eigenvalue weighted by Crippen LogP contribution is 2.18. The largest absolute Gasteiger partial charge is 0.350 e. The first-order chi connectivity index (χ1) is 10.1. The second-order valence-electron chi connectivity index (χ2n) is 4.71. The van der Waals surface area contributed by atoms with Crippen molar-refractivity contribution in [2.75, 3.05) is 5.32 Å². The van der Waals surface area contributed by atoms with Gasteiger partial charge in [0.2, 0.25) is 5.95 Å². The molecule has 1 aromatic carbocycles. The van der Waals surface area contributed by atoms with Crippen molar-refractivity contribution in [3.63, 3.8) is 0 Å². The van der Waals surface area contributed by atoms with Crippen molar-refractivity contribution in [1.29, 1.82) is 0 Å². The van der Waals surface area contributed by atoms with Gasteiger partial charge in [0.1, 0.15) is 0 Å². The van der Waals surface area contributed by atoms with Crippen LogP contribution in [-0.4, -0.2) is 21.9 Å². The smallest absolute Gasteiger partial charge is 0.254 e. The molecule has 2 rings (SSSR count). The minimum atomic E-state index is -0.154. The summed E-state index contributed by atoms with van der Waals surface area (Å²) in [6, 6.07) is 7.83. The molecule has 21 heavy (non-hydrogen) atoms. The highest BCUT2D eigenvalue weighted by Gasteiger charge is 2.09. The van der Waals surface area contributed by atoms with Crippen LogP contribution in [0.5, 0.6) is 0 Å². The topological polar surface area (TPSA) is 66.9 Å². The number of aromatic nitrogens is 2. The zero-order valence-electron chi connectivity index (χ0n) is 11.9. The maximum Gasteiger partial charge on any atom is 0.254 e. The van der Waals surface area contributed by atoms with E-state index in [2.05, 4.69) is 36.5 Å². The first-order valence-corrected chi connectivity index (χ1v) is 7.53. The maximum absolute atomic E-state index is 11.9. The summed E-state index contributed by atoms with van der Waals surface area (Å²) < 4.78 is 0.969. The molecule has 0 bridgehead atoms. The number of rotatable bonds is 5. The standard InChI is InChI=1S/C15H17BrN4O/c1-3-10(2)19-14(21)11-8-17-15(18-9-11)20-13-6-4-5-12(16)7-13/h4-10H,3H2,1-2H3,(H,19,21)(H,17,18,20). The van der Waals surface area contributed by atoms with Crippen molar-refractivity contribution >= 4 is 33.5 Å². The predicted octanol–water partition coefficient (Wildman–Crippen LogP) is 3.51. The van der Waals surface area contributed by atoms with Gasteiger partial charge in [-0.15, -0.1) is 0 Å². The van der Waals surface area contributed by atoms with Crippen molar-refractivity contribution < 1.29 is 4.79 Å². The number of carbonyl (C=O) groups is 1. The summed E-state index contributed by atoms with van der Waals surface area (Å²) in [7, 11) is 0. The third-order valence-electron chi connectivity index (χ3n) is 2.98. The van der Waals surface area contributed by atoms with Gasteiger partial charge in [0.15, 0.2) is 0 Å². The van der Waals surface area contributed by atoms with Gasteiger partial charge in [0, 0.05) is 28.6 Å². The fraction of sp³-hybridized carbons (Fsp3) is 0.267. The number of hydrogen-bond acceptors (Lipinski definition) is 4. The van der Waals surface area contributed by atoms with Crippen LogP contribution in [0.4, 0.5) is 11.6 Å². The molecule has 5 nitrogen and oxygen atoms in total. The van der Waals surface area contributed by atoms with Crippen LogP contribution in [0.2, 0.25) is 0 Å². The minimum Gasteiger partial charge on any atom is -0.350 e. The lowest BCUT2D eigenvalue weighted by atomic mass is 10.2. The van der Waals surface area contributed by atoms with Crippen LogP contribution in [0.3, 0.4) is 0 Å². The lowest BCUT2D eigenvalue weighted by molar-refractivity contribution is 0.0938. The van der Waals surface area contributed by atoms with Crippen molar-refractivity contribution in [1.82, 2.24) is 15.3 Å². The van der Waals surface area contributed by atoms with E-state index >= 15 is 0 Å². The molecule has 2 aromatic rings. The fourth-order valence-corrected chi connectivity index (χ4v) is 2.01. The highest BCUT2D eigenvalue weighted by atomic mass is 79.9. The van der Waals surface area contributed by atoms with E-state index in [1.165, 1.54) is 12.4 Å². The molecule has 110 valence electrons. The zero-order chi connectivity index (χ0) is 15.2. The van der Waals surface area contributed by atoms with E-state index in [0.717, 1.165) is 16.6 Å². The van der Waals surface area contributed by atoms with Crippen molar-refractivity contribution in [3.05, 3.63) is 46.7 Å². The summed E-state index contributed by atoms with van der Waals surface area (Å²) in [6.45, 7) is 3.98. The highest BCUT2D eigenvalue weighted by molar-refractivity contribution is 9.10. The first-order valence-electron chi connectivity index (χ1n) is 6.74. The molecule has 1 unspecified atom stereocenters. The number of amides is 1. The molecule has 1 amide bonds. The summed E-state index contributed by atoms with van der Waals surface area (Å²) in [4.78, 5) is 20.2. The van der Waals surface area contributed by atoms with Crippen LogP contribution in [0.25, 0.3) is 0 Å². The van der Waals surface area contributed by atoms with Gasteiger partial charge in [0.05, 0.1) is 5.56 Å². The van der Waals surface area contributed by atoms with E-state index in [0.29, 0.717) is 11.5 Å². The number of halogens is 1. The zero-order valence-corrected chi connectivity index (χ0v) is 13.5. The van der Waals surface area contributed by atoms with E-state index < -0.39 is 0 Å². The number of benzene rings is 1. The molecule has 0 aliphatic heterocycles. The molecule has 0 aliphatic rings. The molecule has 0 saturated carbocycles. The van der Waals surface area contributed by atoms with Gasteiger partial charge in [-0.05, 0) is 31.5 Å². The quantitative estimate of drug-likeness (QED) is 0.867. The van der Waals surface area contributed by atoms with Gasteiger partial charge in [-0.3, -0.25) is 4.79 Å². The van der Waals surface area contributed by atoms with Gasteiger partial charge in [-0.1, -0.05) is 28.9 Å². The van der Waals surface area contributed by atoms with Gasteiger partial charge in [-0.2, -0.15) is 0 Å². The third-order valence-corrected chi connectivity index (χ3v) is 3.48. The Balaban J connectivity index is 2.03. The molecule has 0 spiro atoms. The molecule has 0 aliphatic carbocycles. The number of anilines is 2. The van der Waals surface area contributed by atoms with Crippen LogP contribution < -0.4 is 10.6 Å². The van der Waals surface area contributed by atoms with Crippen LogP contribution in [0.1, 0.15) is 30.6 Å². The second kappa shape index (κ2) is 7.17. The van der Waals surface area contributed by atoms with E-state index in [9.17, 15) is 4.79 Å². The van der Waals surface area contributed by atoms with Crippen LogP contribution in [0, 0.1) is 0 Å².